The van der Waals surface area contributed by atoms with Crippen LogP contribution in [-0.2, 0) is 67.0 Å². The third-order valence-electron chi connectivity index (χ3n) is 19.2. The molecule has 0 saturated carbocycles. The number of alkyl carbamates (subject to hydrolysis) is 1. The third kappa shape index (κ3) is 26.9. The Kier molecular flexibility index (Phi) is 38.7. The zero-order valence-corrected chi connectivity index (χ0v) is 64.7. The fourth-order valence-electron chi connectivity index (χ4n) is 12.7. The summed E-state index contributed by atoms with van der Waals surface area (Å²) in [6, 6.07) is -14.5. The molecule has 29 nitrogen and oxygen atoms in total. The van der Waals surface area contributed by atoms with E-state index in [9.17, 15) is 38.7 Å². The Morgan fingerprint density at radius 2 is 1.02 bits per heavy atom. The molecule has 574 valence electrons. The average molecular weight is 1420 g/mol. The van der Waals surface area contributed by atoms with Crippen LogP contribution in [0.15, 0.2) is 0 Å². The number of aliphatic hydroxyl groups is 1. The Balaban J connectivity index is 2.98. The topological polar surface area (TPSA) is 348 Å². The zero-order chi connectivity index (χ0) is 76.3. The number of ether oxygens (including phenoxy) is 3. The second-order valence-corrected chi connectivity index (χ2v) is 29.6. The van der Waals surface area contributed by atoms with E-state index in [4.69, 9.17) is 9.47 Å². The number of carbonyl (C=O) groups excluding carboxylic acids is 12. The number of likely N-dealkylation sites (N-methyl/N-ethyl adjacent to an activating group) is 6. The van der Waals surface area contributed by atoms with Crippen molar-refractivity contribution >= 4 is 71.1 Å². The minimum absolute atomic E-state index is 0.0395. The van der Waals surface area contributed by atoms with Crippen LogP contribution in [0.5, 0.6) is 0 Å². The van der Waals surface area contributed by atoms with Gasteiger partial charge in [0.25, 0.3) is 0 Å². The summed E-state index contributed by atoms with van der Waals surface area (Å²) in [4.78, 5) is 184. The molecule has 29 heteroatoms. The van der Waals surface area contributed by atoms with Gasteiger partial charge in [0.2, 0.25) is 65.0 Å². The van der Waals surface area contributed by atoms with Gasteiger partial charge in [0.1, 0.15) is 66.5 Å². The molecule has 2 aliphatic rings. The number of morpholine rings is 1. The van der Waals surface area contributed by atoms with E-state index in [1.165, 1.54) is 89.8 Å². The van der Waals surface area contributed by atoms with Gasteiger partial charge in [-0.3, -0.25) is 57.6 Å². The molecule has 0 aromatic heterocycles. The summed E-state index contributed by atoms with van der Waals surface area (Å²) in [6.45, 7) is 31.4. The minimum atomic E-state index is -1.74. The van der Waals surface area contributed by atoms with E-state index in [1.807, 2.05) is 41.5 Å². The summed E-state index contributed by atoms with van der Waals surface area (Å²) < 4.78 is 16.5. The number of nitrogens with one attached hydrogen (secondary N) is 6. The highest BCUT2D eigenvalue weighted by molar-refractivity contribution is 6.00. The normalized spacial score (nSPS) is 26.5. The SMILES string of the molecule is CC[C@@H]1NC(=O)[C@H]([C@H](O)[C@H](C)CCCCCNC(=O)OC)NC(=O)[C@H](C(C)C)N(C)C(=O)[C@H](CC(C)C)N(C)C(=O)[C@H](CC(C)C)N(C)C(=O)[C@@H](C)NC(=O)[C@H](C)NC(=O)[C@H](CC(C)C)N(C)C(=O)[C@H](C(C)C)NC(=O)[C@H]([C@@H](C)OCCCCN2CCOCC2)N(C)C(=O)[C@@H](C)N(C)C1=O. The molecule has 2 rings (SSSR count). The predicted molar refractivity (Wildman–Crippen MR) is 380 cm³/mol. The van der Waals surface area contributed by atoms with E-state index in [0.717, 1.165) is 35.9 Å². The van der Waals surface area contributed by atoms with Crippen molar-refractivity contribution in [3.63, 3.8) is 0 Å². The molecule has 0 spiro atoms. The molecule has 14 atom stereocenters. The summed E-state index contributed by atoms with van der Waals surface area (Å²) >= 11 is 0. The van der Waals surface area contributed by atoms with Crippen molar-refractivity contribution in [2.75, 3.05) is 95.4 Å². The van der Waals surface area contributed by atoms with E-state index in [2.05, 4.69) is 41.5 Å². The first kappa shape index (κ1) is 89.4. The molecule has 0 unspecified atom stereocenters. The molecule has 0 aliphatic carbocycles. The number of nitrogens with zero attached hydrogens (tertiary/aromatic N) is 7. The molecule has 0 aromatic rings. The van der Waals surface area contributed by atoms with Crippen molar-refractivity contribution in [1.29, 1.82) is 0 Å². The van der Waals surface area contributed by atoms with Crippen LogP contribution in [-0.4, -0.2) is 285 Å². The largest absolute Gasteiger partial charge is 0.453 e. The van der Waals surface area contributed by atoms with E-state index < -0.39 is 167 Å². The standard InChI is InChI=1S/C71H129N13O16/c1-24-51-67(93)78(17)49(15)66(92)83(22)58(50(16)100-35-29-28-32-84-33-36-99-37-34-84)64(90)76-55(44(8)9)70(96)79(18)52(38-41(2)3)61(87)73-47(13)60(86)74-48(14)65(91)80(19)53(39-42(4)5)68(94)81(20)54(40-43(6)7)69(95)82(21)57(45(10)11)63(89)77-56(62(88)75-51)59(85)46(12)30-26-25-27-31-72-71(97)98-23/h41-59,85H,24-40H2,1-23H3,(H,72,97)(H,73,87)(H,74,86)(H,75,88)(H,76,90)(H,77,89)/t46-,47+,48-,49-,50-,51+,52+,53+,54+,55+,56+,57+,58+,59-/m1/s1. The minimum Gasteiger partial charge on any atom is -0.453 e. The molecule has 2 saturated heterocycles. The van der Waals surface area contributed by atoms with Gasteiger partial charge in [0, 0.05) is 68.5 Å². The van der Waals surface area contributed by atoms with Gasteiger partial charge in [-0.2, -0.15) is 0 Å². The molecule has 0 bridgehead atoms. The van der Waals surface area contributed by atoms with Crippen molar-refractivity contribution in [2.45, 2.75) is 254 Å². The molecule has 100 heavy (non-hydrogen) atoms. The number of hydrogen-bond acceptors (Lipinski definition) is 17. The van der Waals surface area contributed by atoms with Crippen LogP contribution in [0, 0.1) is 35.5 Å². The Morgan fingerprint density at radius 3 is 1.55 bits per heavy atom. The molecule has 7 N–H and O–H groups in total. The summed E-state index contributed by atoms with van der Waals surface area (Å²) in [5.74, 6) is -10.5. The molecule has 2 aliphatic heterocycles. The smallest absolute Gasteiger partial charge is 0.406 e. The molecule has 12 amide bonds. The van der Waals surface area contributed by atoms with Gasteiger partial charge in [-0.25, -0.2) is 4.79 Å². The Labute approximate surface area is 596 Å². The maximum Gasteiger partial charge on any atom is 0.406 e. The maximum absolute atomic E-state index is 15.2. The predicted octanol–water partition coefficient (Wildman–Crippen LogP) is 2.74. The molecule has 2 heterocycles. The van der Waals surface area contributed by atoms with E-state index in [0.29, 0.717) is 51.9 Å². The lowest BCUT2D eigenvalue weighted by Gasteiger charge is -2.40. The summed E-state index contributed by atoms with van der Waals surface area (Å²) in [7, 11) is 9.72. The number of amides is 12. The lowest BCUT2D eigenvalue weighted by molar-refractivity contribution is -0.154. The van der Waals surface area contributed by atoms with Crippen molar-refractivity contribution < 1.29 is 76.9 Å². The number of unbranched alkanes of at least 4 members (excludes halogenated alkanes) is 3. The van der Waals surface area contributed by atoms with Gasteiger partial charge < -0.3 is 80.6 Å². The molecule has 0 radical (unpaired) electrons. The second-order valence-electron chi connectivity index (χ2n) is 29.6. The lowest BCUT2D eigenvalue weighted by Crippen LogP contribution is -2.64. The van der Waals surface area contributed by atoms with E-state index in [-0.39, 0.29) is 50.0 Å². The molecule has 0 aromatic carbocycles. The van der Waals surface area contributed by atoms with Crippen LogP contribution in [0.3, 0.4) is 0 Å². The highest BCUT2D eigenvalue weighted by atomic mass is 16.5. The Hall–Kier alpha value is -6.72. The van der Waals surface area contributed by atoms with E-state index >= 15 is 24.0 Å². The first-order valence-corrected chi connectivity index (χ1v) is 36.2. The molecular weight excluding hydrogens is 1290 g/mol. The third-order valence-corrected chi connectivity index (χ3v) is 19.2. The second kappa shape index (κ2) is 43.3. The van der Waals surface area contributed by atoms with Crippen LogP contribution in [0.1, 0.15) is 175 Å². The summed E-state index contributed by atoms with van der Waals surface area (Å²) in [5.41, 5.74) is 0. The van der Waals surface area contributed by atoms with Crippen LogP contribution in [0.25, 0.3) is 0 Å². The summed E-state index contributed by atoms with van der Waals surface area (Å²) in [5, 5.41) is 28.7. The van der Waals surface area contributed by atoms with Crippen molar-refractivity contribution in [3.8, 4) is 0 Å². The van der Waals surface area contributed by atoms with Gasteiger partial charge in [-0.1, -0.05) is 95.9 Å². The maximum atomic E-state index is 15.2. The zero-order valence-electron chi connectivity index (χ0n) is 64.7. The number of rotatable bonds is 24. The van der Waals surface area contributed by atoms with Crippen molar-refractivity contribution in [2.24, 2.45) is 35.5 Å². The summed E-state index contributed by atoms with van der Waals surface area (Å²) in [6.07, 6.45) is 0.576. The van der Waals surface area contributed by atoms with Gasteiger partial charge >= 0.3 is 6.09 Å². The number of carbonyl (C=O) groups is 12. The Bertz CT molecular complexity index is 2680. The van der Waals surface area contributed by atoms with Gasteiger partial charge in [0.15, 0.2) is 0 Å². The van der Waals surface area contributed by atoms with Gasteiger partial charge in [0.05, 0.1) is 32.5 Å². The molecule has 2 fully saturated rings. The van der Waals surface area contributed by atoms with Crippen LogP contribution >= 0.6 is 0 Å². The van der Waals surface area contributed by atoms with Crippen LogP contribution < -0.4 is 31.9 Å². The quantitative estimate of drug-likeness (QED) is 0.0683. The Morgan fingerprint density at radius 1 is 0.520 bits per heavy atom. The van der Waals surface area contributed by atoms with Crippen LogP contribution in [0.2, 0.25) is 0 Å². The fraction of sp³-hybridized carbons (Fsp3) is 0.831. The number of hydrogen-bond donors (Lipinski definition) is 7. The average Bonchev–Trinajstić information content (AvgIpc) is 0.811. The fourth-order valence-corrected chi connectivity index (χ4v) is 12.7. The number of aliphatic hydroxyl groups excluding tert-OH is 1. The first-order chi connectivity index (χ1) is 46.7. The van der Waals surface area contributed by atoms with Crippen LogP contribution in [0.4, 0.5) is 4.79 Å². The van der Waals surface area contributed by atoms with E-state index in [1.54, 1.807) is 48.5 Å². The molecular formula is C71H129N13O16. The highest BCUT2D eigenvalue weighted by Crippen LogP contribution is 2.25. The first-order valence-electron chi connectivity index (χ1n) is 36.2. The monoisotopic (exact) mass is 1420 g/mol. The van der Waals surface area contributed by atoms with Gasteiger partial charge in [-0.05, 0) is 121 Å². The number of methoxy groups -OCH3 is 1. The van der Waals surface area contributed by atoms with Gasteiger partial charge in [-0.15, -0.1) is 0 Å². The highest BCUT2D eigenvalue weighted by Gasteiger charge is 2.45. The lowest BCUT2D eigenvalue weighted by atomic mass is 9.91. The van der Waals surface area contributed by atoms with Crippen molar-refractivity contribution in [1.82, 2.24) is 66.2 Å². The van der Waals surface area contributed by atoms with Crippen molar-refractivity contribution in [3.05, 3.63) is 0 Å².